The van der Waals surface area contributed by atoms with Gasteiger partial charge in [-0.2, -0.15) is 0 Å². The molecular formula is C24H28FN3O3S. The van der Waals surface area contributed by atoms with Crippen molar-refractivity contribution in [3.63, 3.8) is 0 Å². The highest BCUT2D eigenvalue weighted by molar-refractivity contribution is 7.99. The highest BCUT2D eigenvalue weighted by Crippen LogP contribution is 2.23. The molecule has 0 saturated carbocycles. The number of rotatable bonds is 11. The summed E-state index contributed by atoms with van der Waals surface area (Å²) >= 11 is 1.29. The minimum absolute atomic E-state index is 0.111. The Hall–Kier alpha value is -2.87. The van der Waals surface area contributed by atoms with Crippen LogP contribution in [0.5, 0.6) is 11.5 Å². The average Bonchev–Trinajstić information content (AvgIpc) is 3.16. The predicted octanol–water partition coefficient (Wildman–Crippen LogP) is 5.20. The Morgan fingerprint density at radius 3 is 2.53 bits per heavy atom. The van der Waals surface area contributed by atoms with Gasteiger partial charge in [-0.05, 0) is 48.2 Å². The summed E-state index contributed by atoms with van der Waals surface area (Å²) in [5, 5.41) is 9.19. The maximum Gasteiger partial charge on any atom is 0.191 e. The number of ketones is 1. The summed E-state index contributed by atoms with van der Waals surface area (Å²) in [6.07, 6.45) is 0.978. The molecule has 0 saturated heterocycles. The third kappa shape index (κ3) is 6.09. The molecular weight excluding hydrogens is 429 g/mol. The number of halogens is 1. The van der Waals surface area contributed by atoms with Gasteiger partial charge in [0, 0.05) is 12.1 Å². The fourth-order valence-corrected chi connectivity index (χ4v) is 3.96. The molecule has 0 amide bonds. The van der Waals surface area contributed by atoms with Gasteiger partial charge < -0.3 is 14.0 Å². The summed E-state index contributed by atoms with van der Waals surface area (Å²) in [6, 6.07) is 12.2. The summed E-state index contributed by atoms with van der Waals surface area (Å²) in [6.45, 7) is 7.30. The minimum Gasteiger partial charge on any atom is -0.494 e. The largest absolute Gasteiger partial charge is 0.494 e. The van der Waals surface area contributed by atoms with Gasteiger partial charge in [-0.1, -0.05) is 44.7 Å². The fourth-order valence-electron chi connectivity index (χ4n) is 3.10. The zero-order valence-corrected chi connectivity index (χ0v) is 19.6. The van der Waals surface area contributed by atoms with Crippen molar-refractivity contribution in [1.29, 1.82) is 0 Å². The van der Waals surface area contributed by atoms with Crippen molar-refractivity contribution in [3.05, 3.63) is 65.2 Å². The first-order valence-corrected chi connectivity index (χ1v) is 11.5. The summed E-state index contributed by atoms with van der Waals surface area (Å²) in [5.74, 6) is 1.32. The van der Waals surface area contributed by atoms with E-state index in [-0.39, 0.29) is 23.9 Å². The average molecular weight is 458 g/mol. The molecule has 0 radical (unpaired) electrons. The molecule has 32 heavy (non-hydrogen) atoms. The van der Waals surface area contributed by atoms with Crippen LogP contribution in [0.25, 0.3) is 0 Å². The molecule has 2 aromatic carbocycles. The minimum atomic E-state index is -0.558. The van der Waals surface area contributed by atoms with Gasteiger partial charge in [-0.3, -0.25) is 4.79 Å². The highest BCUT2D eigenvalue weighted by atomic mass is 32.2. The van der Waals surface area contributed by atoms with Crippen LogP contribution in [-0.4, -0.2) is 33.4 Å². The van der Waals surface area contributed by atoms with Crippen LogP contribution in [0.1, 0.15) is 42.5 Å². The summed E-state index contributed by atoms with van der Waals surface area (Å²) in [4.78, 5) is 12.6. The molecule has 3 aromatic rings. The number of benzene rings is 2. The zero-order valence-electron chi connectivity index (χ0n) is 18.8. The first-order chi connectivity index (χ1) is 15.4. The number of carbonyl (C=O) groups excluding carboxylic acids is 1. The van der Waals surface area contributed by atoms with Crippen LogP contribution in [0.15, 0.2) is 47.6 Å². The monoisotopic (exact) mass is 457 g/mol. The van der Waals surface area contributed by atoms with Crippen molar-refractivity contribution in [3.8, 4) is 11.5 Å². The van der Waals surface area contributed by atoms with Crippen LogP contribution in [0, 0.1) is 11.7 Å². The van der Waals surface area contributed by atoms with Crippen LogP contribution in [0.3, 0.4) is 0 Å². The molecule has 1 aromatic heterocycles. The van der Waals surface area contributed by atoms with E-state index in [1.165, 1.54) is 36.6 Å². The third-order valence-electron chi connectivity index (χ3n) is 4.85. The molecule has 0 aliphatic heterocycles. The molecule has 0 unspecified atom stereocenters. The van der Waals surface area contributed by atoms with Crippen molar-refractivity contribution in [2.45, 2.75) is 45.5 Å². The van der Waals surface area contributed by atoms with E-state index in [2.05, 4.69) is 31.0 Å². The summed E-state index contributed by atoms with van der Waals surface area (Å²) in [5.41, 5.74) is 1.55. The van der Waals surface area contributed by atoms with Crippen molar-refractivity contribution in [2.24, 2.45) is 5.92 Å². The fraction of sp³-hybridized carbons (Fsp3) is 0.375. The number of methoxy groups -OCH3 is 1. The molecule has 0 aliphatic rings. The van der Waals surface area contributed by atoms with Crippen molar-refractivity contribution >= 4 is 17.5 Å². The molecule has 1 heterocycles. The van der Waals surface area contributed by atoms with E-state index in [0.717, 1.165) is 12.2 Å². The van der Waals surface area contributed by atoms with Gasteiger partial charge in [0.25, 0.3) is 0 Å². The maximum absolute atomic E-state index is 13.9. The first-order valence-electron chi connectivity index (χ1n) is 10.5. The smallest absolute Gasteiger partial charge is 0.191 e. The normalized spacial score (nSPS) is 11.1. The third-order valence-corrected chi connectivity index (χ3v) is 5.81. The number of hydrogen-bond donors (Lipinski definition) is 0. The molecule has 6 nitrogen and oxygen atoms in total. The summed E-state index contributed by atoms with van der Waals surface area (Å²) < 4.78 is 26.7. The van der Waals surface area contributed by atoms with E-state index in [0.29, 0.717) is 29.0 Å². The van der Waals surface area contributed by atoms with E-state index < -0.39 is 5.82 Å². The van der Waals surface area contributed by atoms with E-state index in [9.17, 15) is 9.18 Å². The Bertz CT molecular complexity index is 1050. The Labute approximate surface area is 192 Å². The Kier molecular flexibility index (Phi) is 8.27. The van der Waals surface area contributed by atoms with E-state index in [1.807, 2.05) is 28.8 Å². The number of aryl methyl sites for hydroxylation is 1. The van der Waals surface area contributed by atoms with E-state index in [1.54, 1.807) is 6.07 Å². The van der Waals surface area contributed by atoms with Crippen LogP contribution in [0.2, 0.25) is 0 Å². The molecule has 0 N–H and O–H groups in total. The molecule has 3 rings (SSSR count). The van der Waals surface area contributed by atoms with Crippen LogP contribution in [-0.2, 0) is 19.6 Å². The highest BCUT2D eigenvalue weighted by Gasteiger charge is 2.17. The van der Waals surface area contributed by atoms with Gasteiger partial charge in [-0.15, -0.1) is 10.2 Å². The van der Waals surface area contributed by atoms with Gasteiger partial charge in [0.15, 0.2) is 28.3 Å². The van der Waals surface area contributed by atoms with E-state index in [4.69, 9.17) is 9.47 Å². The number of Topliss-reactive ketones (excluding diaryl/α,β-unsaturated/α-hetero) is 1. The maximum atomic E-state index is 13.9. The number of hydrogen-bond acceptors (Lipinski definition) is 6. The number of carbonyl (C=O) groups is 1. The second kappa shape index (κ2) is 11.1. The topological polar surface area (TPSA) is 66.2 Å². The lowest BCUT2D eigenvalue weighted by molar-refractivity contribution is 0.102. The molecule has 170 valence electrons. The standard InChI is InChI=1S/C24H28FN3O3S/c1-5-17-6-9-19(10-7-17)31-14-23-26-27-24(28(23)13-16(2)3)32-15-21(29)18-8-11-22(30-4)20(25)12-18/h6-12,16H,5,13-15H2,1-4H3. The Balaban J connectivity index is 1.68. The Morgan fingerprint density at radius 2 is 1.91 bits per heavy atom. The molecule has 0 bridgehead atoms. The number of thioether (sulfide) groups is 1. The van der Waals surface area contributed by atoms with Crippen molar-refractivity contribution in [1.82, 2.24) is 14.8 Å². The first kappa shape index (κ1) is 23.8. The molecule has 0 aliphatic carbocycles. The quantitative estimate of drug-likeness (QED) is 0.291. The van der Waals surface area contributed by atoms with Crippen molar-refractivity contribution in [2.75, 3.05) is 12.9 Å². The molecule has 0 fully saturated rings. The molecule has 0 spiro atoms. The SMILES string of the molecule is CCc1ccc(OCc2nnc(SCC(=O)c3ccc(OC)c(F)c3)n2CC(C)C)cc1. The lowest BCUT2D eigenvalue weighted by atomic mass is 10.1. The summed E-state index contributed by atoms with van der Waals surface area (Å²) in [7, 11) is 1.39. The van der Waals surface area contributed by atoms with Crippen LogP contribution < -0.4 is 9.47 Å². The van der Waals surface area contributed by atoms with Gasteiger partial charge >= 0.3 is 0 Å². The molecule has 0 atom stereocenters. The van der Waals surface area contributed by atoms with Crippen molar-refractivity contribution < 1.29 is 18.7 Å². The van der Waals surface area contributed by atoms with Crippen LogP contribution >= 0.6 is 11.8 Å². The van der Waals surface area contributed by atoms with E-state index >= 15 is 0 Å². The van der Waals surface area contributed by atoms with Gasteiger partial charge in [0.05, 0.1) is 12.9 Å². The van der Waals surface area contributed by atoms with Crippen LogP contribution in [0.4, 0.5) is 4.39 Å². The second-order valence-electron chi connectivity index (χ2n) is 7.75. The number of ether oxygens (including phenoxy) is 2. The molecule has 8 heteroatoms. The Morgan fingerprint density at radius 1 is 1.16 bits per heavy atom. The lowest BCUT2D eigenvalue weighted by Crippen LogP contribution is -2.13. The lowest BCUT2D eigenvalue weighted by Gasteiger charge is -2.13. The van der Waals surface area contributed by atoms with Gasteiger partial charge in [0.2, 0.25) is 0 Å². The zero-order chi connectivity index (χ0) is 23.1. The van der Waals surface area contributed by atoms with Gasteiger partial charge in [0.1, 0.15) is 12.4 Å². The predicted molar refractivity (Wildman–Crippen MR) is 123 cm³/mol. The van der Waals surface area contributed by atoms with Gasteiger partial charge in [-0.25, -0.2) is 4.39 Å². The number of aromatic nitrogens is 3. The second-order valence-corrected chi connectivity index (χ2v) is 8.69. The number of nitrogens with zero attached hydrogens (tertiary/aromatic N) is 3.